The molecule has 5 rings (SSSR count). The maximum atomic E-state index is 13.3. The summed E-state index contributed by atoms with van der Waals surface area (Å²) in [5, 5.41) is 4.75. The molecule has 2 aliphatic rings. The number of anilines is 1. The Morgan fingerprint density at radius 3 is 2.24 bits per heavy atom. The number of hydrogen-bond donors (Lipinski definition) is 0. The molecule has 0 unspecified atom stereocenters. The van der Waals surface area contributed by atoms with Crippen LogP contribution in [0.1, 0.15) is 59.9 Å². The molecule has 196 valence electrons. The van der Waals surface area contributed by atoms with Crippen LogP contribution in [-0.4, -0.2) is 73.2 Å². The number of aromatic nitrogens is 4. The van der Waals surface area contributed by atoms with Gasteiger partial charge >= 0.3 is 0 Å². The molecule has 0 bridgehead atoms. The first-order chi connectivity index (χ1) is 17.8. The molecule has 0 aliphatic carbocycles. The second-order valence-electron chi connectivity index (χ2n) is 10.9. The number of rotatable bonds is 6. The number of carbonyl (C=O) groups excluding carboxylic acids is 1. The first-order valence-corrected chi connectivity index (χ1v) is 13.5. The summed E-state index contributed by atoms with van der Waals surface area (Å²) in [5.74, 6) is 1.13. The van der Waals surface area contributed by atoms with Crippen LogP contribution in [0.4, 0.5) is 5.82 Å². The highest BCUT2D eigenvalue weighted by atomic mass is 16.2. The third kappa shape index (κ3) is 5.39. The van der Waals surface area contributed by atoms with Crippen LogP contribution in [0.3, 0.4) is 0 Å². The maximum Gasteiger partial charge on any atom is 0.257 e. The van der Waals surface area contributed by atoms with E-state index in [2.05, 4.69) is 63.1 Å². The lowest BCUT2D eigenvalue weighted by atomic mass is 9.85. The molecule has 37 heavy (non-hydrogen) atoms. The number of piperidine rings is 2. The highest BCUT2D eigenvalue weighted by molar-refractivity contribution is 5.96. The molecule has 8 heteroatoms. The van der Waals surface area contributed by atoms with Crippen LogP contribution in [0.25, 0.3) is 0 Å². The summed E-state index contributed by atoms with van der Waals surface area (Å²) in [6.07, 6.45) is 7.77. The second-order valence-corrected chi connectivity index (χ2v) is 10.9. The summed E-state index contributed by atoms with van der Waals surface area (Å²) < 4.78 is 1.89. The minimum atomic E-state index is 0.0725. The molecule has 0 spiro atoms. The van der Waals surface area contributed by atoms with Crippen molar-refractivity contribution >= 4 is 11.7 Å². The van der Waals surface area contributed by atoms with Gasteiger partial charge in [0.25, 0.3) is 5.91 Å². The molecule has 2 aromatic heterocycles. The number of amides is 1. The van der Waals surface area contributed by atoms with Gasteiger partial charge in [0.1, 0.15) is 6.33 Å². The van der Waals surface area contributed by atoms with Crippen LogP contribution in [0.2, 0.25) is 0 Å². The van der Waals surface area contributed by atoms with Crippen molar-refractivity contribution in [2.24, 2.45) is 7.05 Å². The highest BCUT2D eigenvalue weighted by Crippen LogP contribution is 2.34. The number of carbonyl (C=O) groups is 1. The quantitative estimate of drug-likeness (QED) is 0.509. The lowest BCUT2D eigenvalue weighted by Gasteiger charge is -2.50. The molecule has 4 heterocycles. The van der Waals surface area contributed by atoms with E-state index in [1.807, 2.05) is 36.7 Å². The van der Waals surface area contributed by atoms with Gasteiger partial charge in [0.05, 0.1) is 17.0 Å². The Bertz CT molecular complexity index is 1190. The molecule has 0 atom stereocenters. The minimum Gasteiger partial charge on any atom is -0.348 e. The maximum absolute atomic E-state index is 13.3. The highest BCUT2D eigenvalue weighted by Gasteiger charge is 2.40. The van der Waals surface area contributed by atoms with E-state index in [1.165, 1.54) is 11.9 Å². The van der Waals surface area contributed by atoms with Gasteiger partial charge in [-0.15, -0.1) is 0 Å². The van der Waals surface area contributed by atoms with Gasteiger partial charge in [-0.2, -0.15) is 5.10 Å². The average molecular weight is 502 g/mol. The lowest BCUT2D eigenvalue weighted by molar-refractivity contribution is 0.0170. The van der Waals surface area contributed by atoms with E-state index in [0.717, 1.165) is 75.6 Å². The van der Waals surface area contributed by atoms with Crippen LogP contribution >= 0.6 is 0 Å². The zero-order chi connectivity index (χ0) is 26.0. The van der Waals surface area contributed by atoms with Crippen molar-refractivity contribution in [2.75, 3.05) is 31.1 Å². The molecule has 2 saturated heterocycles. The number of benzene rings is 1. The van der Waals surface area contributed by atoms with Gasteiger partial charge in [0.2, 0.25) is 0 Å². The Labute approximate surface area is 220 Å². The summed E-state index contributed by atoms with van der Waals surface area (Å²) in [7, 11) is 1.98. The average Bonchev–Trinajstić information content (AvgIpc) is 3.34. The molecular formula is C29H39N7O. The Morgan fingerprint density at radius 1 is 1.00 bits per heavy atom. The van der Waals surface area contributed by atoms with Crippen molar-refractivity contribution in [2.45, 2.75) is 64.6 Å². The Morgan fingerprint density at radius 2 is 1.65 bits per heavy atom. The summed E-state index contributed by atoms with van der Waals surface area (Å²) in [6.45, 7) is 10.7. The van der Waals surface area contributed by atoms with Crippen LogP contribution in [-0.2, 0) is 13.6 Å². The smallest absolute Gasteiger partial charge is 0.257 e. The first-order valence-electron chi connectivity index (χ1n) is 13.5. The van der Waals surface area contributed by atoms with Gasteiger partial charge < -0.3 is 9.80 Å². The van der Waals surface area contributed by atoms with Crippen molar-refractivity contribution in [3.63, 3.8) is 0 Å². The Kier molecular flexibility index (Phi) is 7.29. The van der Waals surface area contributed by atoms with E-state index >= 15 is 0 Å². The van der Waals surface area contributed by atoms with E-state index in [-0.39, 0.29) is 11.4 Å². The molecule has 1 amide bonds. The van der Waals surface area contributed by atoms with Crippen LogP contribution < -0.4 is 4.90 Å². The summed E-state index contributed by atoms with van der Waals surface area (Å²) in [6, 6.07) is 13.3. The van der Waals surface area contributed by atoms with E-state index in [4.69, 9.17) is 5.10 Å². The molecular weight excluding hydrogens is 462 g/mol. The molecule has 2 aliphatic heterocycles. The first kappa shape index (κ1) is 25.4. The topological polar surface area (TPSA) is 70.4 Å². The zero-order valence-electron chi connectivity index (χ0n) is 22.6. The number of nitrogens with zero attached hydrogens (tertiary/aromatic N) is 7. The number of hydrogen-bond acceptors (Lipinski definition) is 6. The molecule has 1 aromatic carbocycles. The normalized spacial score (nSPS) is 18.6. The van der Waals surface area contributed by atoms with Gasteiger partial charge in [-0.1, -0.05) is 30.3 Å². The molecule has 0 N–H and O–H groups in total. The molecule has 2 fully saturated rings. The number of likely N-dealkylation sites (tertiary alicyclic amines) is 2. The zero-order valence-corrected chi connectivity index (χ0v) is 22.6. The standard InChI is InChI=1S/C29H39N7O/c1-22-27(23(2)31-21-30-22)28(37)34-18-13-29(3,14-19-34)35-16-10-25(11-17-35)36(26-12-15-33(4)32-26)20-24-8-6-5-7-9-24/h5-9,12,15,21,25H,10-11,13-14,16-20H2,1-4H3. The van der Waals surface area contributed by atoms with Crippen molar-refractivity contribution in [1.82, 2.24) is 29.5 Å². The van der Waals surface area contributed by atoms with Gasteiger partial charge in [0, 0.05) is 63.6 Å². The van der Waals surface area contributed by atoms with Gasteiger partial charge in [-0.05, 0) is 52.0 Å². The van der Waals surface area contributed by atoms with Gasteiger partial charge in [-0.25, -0.2) is 9.97 Å². The monoisotopic (exact) mass is 501 g/mol. The third-order valence-corrected chi connectivity index (χ3v) is 8.43. The van der Waals surface area contributed by atoms with E-state index in [9.17, 15) is 4.79 Å². The molecule has 0 radical (unpaired) electrons. The SMILES string of the molecule is Cc1ncnc(C)c1C(=O)N1CCC(C)(N2CCC(N(Cc3ccccc3)c3ccn(C)n3)CC2)CC1. The largest absolute Gasteiger partial charge is 0.348 e. The molecule has 8 nitrogen and oxygen atoms in total. The van der Waals surface area contributed by atoms with Crippen molar-refractivity contribution in [1.29, 1.82) is 0 Å². The number of aryl methyl sites for hydroxylation is 3. The Balaban J connectivity index is 1.21. The minimum absolute atomic E-state index is 0.0725. The predicted octanol–water partition coefficient (Wildman–Crippen LogP) is 3.99. The summed E-state index contributed by atoms with van der Waals surface area (Å²) >= 11 is 0. The fourth-order valence-corrected chi connectivity index (χ4v) is 6.02. The van der Waals surface area contributed by atoms with Crippen LogP contribution in [0.15, 0.2) is 48.9 Å². The molecule has 0 saturated carbocycles. The molecule has 3 aromatic rings. The Hall–Kier alpha value is -3.26. The fourth-order valence-electron chi connectivity index (χ4n) is 6.02. The van der Waals surface area contributed by atoms with Gasteiger partial charge in [-0.3, -0.25) is 14.4 Å². The second kappa shape index (κ2) is 10.6. The third-order valence-electron chi connectivity index (χ3n) is 8.43. The lowest BCUT2D eigenvalue weighted by Crippen LogP contribution is -2.58. The summed E-state index contributed by atoms with van der Waals surface area (Å²) in [4.78, 5) is 28.9. The van der Waals surface area contributed by atoms with Crippen LogP contribution in [0.5, 0.6) is 0 Å². The van der Waals surface area contributed by atoms with E-state index in [0.29, 0.717) is 11.6 Å². The van der Waals surface area contributed by atoms with Crippen molar-refractivity contribution in [3.8, 4) is 0 Å². The summed E-state index contributed by atoms with van der Waals surface area (Å²) in [5.41, 5.74) is 3.63. The van der Waals surface area contributed by atoms with Gasteiger partial charge in [0.15, 0.2) is 5.82 Å². The van der Waals surface area contributed by atoms with E-state index in [1.54, 1.807) is 0 Å². The van der Waals surface area contributed by atoms with Crippen molar-refractivity contribution in [3.05, 3.63) is 71.4 Å². The fraction of sp³-hybridized carbons (Fsp3) is 0.517. The van der Waals surface area contributed by atoms with Crippen LogP contribution in [0, 0.1) is 13.8 Å². The van der Waals surface area contributed by atoms with E-state index < -0.39 is 0 Å². The van der Waals surface area contributed by atoms with Crippen molar-refractivity contribution < 1.29 is 4.79 Å². The predicted molar refractivity (Wildman–Crippen MR) is 145 cm³/mol.